The molecular weight excluding hydrogens is 454 g/mol. The Hall–Kier alpha value is -2.30. The molecule has 1 N–H and O–H groups in total. The molecule has 1 aromatic heterocycles. The molecular formula is C24H35N5O4S. The molecule has 1 aromatic carbocycles. The zero-order chi connectivity index (χ0) is 24.0. The highest BCUT2D eigenvalue weighted by Crippen LogP contribution is 2.25. The van der Waals surface area contributed by atoms with Crippen LogP contribution in [0.2, 0.25) is 0 Å². The molecule has 4 rings (SSSR count). The van der Waals surface area contributed by atoms with Gasteiger partial charge in [0.1, 0.15) is 0 Å². The smallest absolute Gasteiger partial charge is 0.308 e. The van der Waals surface area contributed by atoms with Crippen LogP contribution in [0.25, 0.3) is 11.5 Å². The van der Waals surface area contributed by atoms with Gasteiger partial charge in [-0.1, -0.05) is 19.8 Å². The minimum Gasteiger partial charge on any atom is -0.412 e. The fourth-order valence-electron chi connectivity index (χ4n) is 4.52. The third kappa shape index (κ3) is 6.22. The molecule has 1 amide bonds. The van der Waals surface area contributed by atoms with E-state index in [1.54, 1.807) is 28.6 Å². The molecule has 34 heavy (non-hydrogen) atoms. The molecule has 0 saturated carbocycles. The second-order valence-electron chi connectivity index (χ2n) is 9.39. The average Bonchev–Trinajstić information content (AvgIpc) is 3.20. The standard InChI is InChI=1S/C24H35N5O4S/c1-19-11-17-29(18-12-19)34(31,32)21-9-7-20(8-10-21)23-26-27-24(33-23)22(30)25-13-6-16-28-14-4-2-3-5-15-28/h7-10,19H,2-6,11-18H2,1H3,(H,25,30). The van der Waals surface area contributed by atoms with Gasteiger partial charge in [-0.25, -0.2) is 8.42 Å². The van der Waals surface area contributed by atoms with Crippen LogP contribution in [0.3, 0.4) is 0 Å². The van der Waals surface area contributed by atoms with Gasteiger partial charge < -0.3 is 14.6 Å². The maximum atomic E-state index is 12.9. The number of sulfonamides is 1. The molecule has 2 fully saturated rings. The third-order valence-corrected chi connectivity index (χ3v) is 8.65. The summed E-state index contributed by atoms with van der Waals surface area (Å²) in [6.07, 6.45) is 7.75. The van der Waals surface area contributed by atoms with Gasteiger partial charge in [-0.3, -0.25) is 4.79 Å². The van der Waals surface area contributed by atoms with E-state index in [0.717, 1.165) is 38.9 Å². The van der Waals surface area contributed by atoms with Crippen LogP contribution in [0, 0.1) is 5.92 Å². The van der Waals surface area contributed by atoms with Crippen molar-refractivity contribution >= 4 is 15.9 Å². The van der Waals surface area contributed by atoms with Crippen LogP contribution < -0.4 is 5.32 Å². The van der Waals surface area contributed by atoms with Crippen molar-refractivity contribution in [3.8, 4) is 11.5 Å². The van der Waals surface area contributed by atoms with E-state index in [9.17, 15) is 13.2 Å². The second kappa shape index (κ2) is 11.4. The lowest BCUT2D eigenvalue weighted by atomic mass is 10.0. The number of carbonyl (C=O) groups is 1. The first-order chi connectivity index (χ1) is 16.4. The summed E-state index contributed by atoms with van der Waals surface area (Å²) < 4.78 is 32.9. The van der Waals surface area contributed by atoms with Crippen molar-refractivity contribution in [3.05, 3.63) is 30.2 Å². The summed E-state index contributed by atoms with van der Waals surface area (Å²) in [5.74, 6) is 0.250. The molecule has 10 heteroatoms. The van der Waals surface area contributed by atoms with E-state index in [1.165, 1.54) is 25.7 Å². The highest BCUT2D eigenvalue weighted by atomic mass is 32.2. The zero-order valence-corrected chi connectivity index (χ0v) is 20.7. The Labute approximate surface area is 202 Å². The van der Waals surface area contributed by atoms with E-state index in [2.05, 4.69) is 27.3 Å². The van der Waals surface area contributed by atoms with E-state index in [-0.39, 0.29) is 16.7 Å². The number of aromatic nitrogens is 2. The quantitative estimate of drug-likeness (QED) is 0.567. The van der Waals surface area contributed by atoms with Gasteiger partial charge in [-0.05, 0) is 81.9 Å². The minimum absolute atomic E-state index is 0.0936. The number of nitrogens with zero attached hydrogens (tertiary/aromatic N) is 4. The largest absolute Gasteiger partial charge is 0.412 e. The molecule has 2 aliphatic rings. The van der Waals surface area contributed by atoms with Crippen molar-refractivity contribution in [1.82, 2.24) is 24.7 Å². The number of nitrogens with one attached hydrogen (secondary N) is 1. The van der Waals surface area contributed by atoms with Crippen LogP contribution in [-0.4, -0.2) is 73.0 Å². The lowest BCUT2D eigenvalue weighted by Gasteiger charge is -2.29. The number of carbonyl (C=O) groups excluding carboxylic acids is 1. The van der Waals surface area contributed by atoms with E-state index >= 15 is 0 Å². The molecule has 2 aliphatic heterocycles. The van der Waals surface area contributed by atoms with Gasteiger partial charge in [0.2, 0.25) is 15.9 Å². The predicted octanol–water partition coefficient (Wildman–Crippen LogP) is 3.15. The number of amides is 1. The van der Waals surface area contributed by atoms with E-state index in [4.69, 9.17) is 4.42 Å². The average molecular weight is 490 g/mol. The van der Waals surface area contributed by atoms with Crippen molar-refractivity contribution in [2.45, 2.75) is 56.8 Å². The highest BCUT2D eigenvalue weighted by Gasteiger charge is 2.28. The van der Waals surface area contributed by atoms with Gasteiger partial charge in [-0.15, -0.1) is 10.2 Å². The number of hydrogen-bond acceptors (Lipinski definition) is 7. The fourth-order valence-corrected chi connectivity index (χ4v) is 5.99. The van der Waals surface area contributed by atoms with Crippen LogP contribution in [0.15, 0.2) is 33.6 Å². The normalized spacial score (nSPS) is 19.1. The Morgan fingerprint density at radius 3 is 2.38 bits per heavy atom. The SMILES string of the molecule is CC1CCN(S(=O)(=O)c2ccc(-c3nnc(C(=O)NCCCN4CCCCCC4)o3)cc2)CC1. The molecule has 2 aromatic rings. The van der Waals surface area contributed by atoms with Crippen LogP contribution >= 0.6 is 0 Å². The predicted molar refractivity (Wildman–Crippen MR) is 129 cm³/mol. The highest BCUT2D eigenvalue weighted by molar-refractivity contribution is 7.89. The third-order valence-electron chi connectivity index (χ3n) is 6.74. The summed E-state index contributed by atoms with van der Waals surface area (Å²) in [6.45, 7) is 7.04. The number of rotatable bonds is 8. The summed E-state index contributed by atoms with van der Waals surface area (Å²) in [5.41, 5.74) is 0.568. The molecule has 0 atom stereocenters. The van der Waals surface area contributed by atoms with Crippen LogP contribution in [-0.2, 0) is 10.0 Å². The van der Waals surface area contributed by atoms with E-state index in [1.807, 2.05) is 0 Å². The maximum absolute atomic E-state index is 12.9. The number of hydrogen-bond donors (Lipinski definition) is 1. The monoisotopic (exact) mass is 489 g/mol. The van der Waals surface area contributed by atoms with Crippen LogP contribution in [0.5, 0.6) is 0 Å². The van der Waals surface area contributed by atoms with Crippen LogP contribution in [0.4, 0.5) is 0 Å². The lowest BCUT2D eigenvalue weighted by molar-refractivity contribution is 0.0917. The summed E-state index contributed by atoms with van der Waals surface area (Å²) in [6, 6.07) is 6.37. The maximum Gasteiger partial charge on any atom is 0.308 e. The van der Waals surface area contributed by atoms with E-state index in [0.29, 0.717) is 31.1 Å². The van der Waals surface area contributed by atoms with Gasteiger partial charge in [0.25, 0.3) is 0 Å². The Balaban J connectivity index is 1.29. The summed E-state index contributed by atoms with van der Waals surface area (Å²) >= 11 is 0. The summed E-state index contributed by atoms with van der Waals surface area (Å²) in [5, 5.41) is 10.7. The Morgan fingerprint density at radius 2 is 1.71 bits per heavy atom. The van der Waals surface area contributed by atoms with Crippen molar-refractivity contribution in [2.24, 2.45) is 5.92 Å². The first-order valence-electron chi connectivity index (χ1n) is 12.4. The zero-order valence-electron chi connectivity index (χ0n) is 19.9. The van der Waals surface area contributed by atoms with Crippen molar-refractivity contribution in [2.75, 3.05) is 39.3 Å². The fraction of sp³-hybridized carbons (Fsp3) is 0.625. The topological polar surface area (TPSA) is 109 Å². The first-order valence-corrected chi connectivity index (χ1v) is 13.8. The minimum atomic E-state index is -3.52. The van der Waals surface area contributed by atoms with Gasteiger partial charge in [0.05, 0.1) is 4.90 Å². The molecule has 0 aliphatic carbocycles. The van der Waals surface area contributed by atoms with Gasteiger partial charge in [0.15, 0.2) is 0 Å². The Kier molecular flexibility index (Phi) is 8.33. The van der Waals surface area contributed by atoms with Crippen molar-refractivity contribution in [1.29, 1.82) is 0 Å². The molecule has 0 radical (unpaired) electrons. The number of piperidine rings is 1. The Bertz CT molecular complexity index is 1040. The van der Waals surface area contributed by atoms with Gasteiger partial charge >= 0.3 is 11.8 Å². The lowest BCUT2D eigenvalue weighted by Crippen LogP contribution is -2.37. The van der Waals surface area contributed by atoms with Crippen LogP contribution in [0.1, 0.15) is 62.6 Å². The molecule has 0 unspecified atom stereocenters. The number of likely N-dealkylation sites (tertiary alicyclic amines) is 1. The Morgan fingerprint density at radius 1 is 1.03 bits per heavy atom. The molecule has 9 nitrogen and oxygen atoms in total. The second-order valence-corrected chi connectivity index (χ2v) is 11.3. The van der Waals surface area contributed by atoms with Gasteiger partial charge in [-0.2, -0.15) is 4.31 Å². The van der Waals surface area contributed by atoms with Crippen molar-refractivity contribution < 1.29 is 17.6 Å². The molecule has 3 heterocycles. The van der Waals surface area contributed by atoms with E-state index < -0.39 is 15.9 Å². The summed E-state index contributed by atoms with van der Waals surface area (Å²) in [4.78, 5) is 15.1. The molecule has 186 valence electrons. The summed E-state index contributed by atoms with van der Waals surface area (Å²) in [7, 11) is -3.52. The number of benzene rings is 1. The van der Waals surface area contributed by atoms with Gasteiger partial charge in [0, 0.05) is 25.2 Å². The van der Waals surface area contributed by atoms with Crippen molar-refractivity contribution in [3.63, 3.8) is 0 Å². The first kappa shape index (κ1) is 24.8. The molecule has 2 saturated heterocycles. The molecule has 0 spiro atoms. The molecule has 0 bridgehead atoms.